The van der Waals surface area contributed by atoms with Crippen LogP contribution in [-0.4, -0.2) is 48.8 Å². The van der Waals surface area contributed by atoms with Crippen LogP contribution in [0.5, 0.6) is 0 Å². The van der Waals surface area contributed by atoms with Crippen LogP contribution in [0.3, 0.4) is 0 Å². The molecular weight excluding hydrogens is 186 g/mol. The second kappa shape index (κ2) is 4.19. The lowest BCUT2D eigenvalue weighted by Crippen LogP contribution is -2.59. The molecule has 0 spiro atoms. The van der Waals surface area contributed by atoms with E-state index < -0.39 is 17.9 Å². The van der Waals surface area contributed by atoms with Crippen molar-refractivity contribution in [1.82, 2.24) is 15.5 Å². The minimum absolute atomic E-state index is 0.0482. The van der Waals surface area contributed by atoms with Crippen molar-refractivity contribution in [2.75, 3.05) is 20.1 Å². The van der Waals surface area contributed by atoms with E-state index in [1.807, 2.05) is 0 Å². The Balaban J connectivity index is 2.71. The van der Waals surface area contributed by atoms with Crippen LogP contribution >= 0.6 is 0 Å². The number of nitrogens with one attached hydrogen (secondary N) is 2. The summed E-state index contributed by atoms with van der Waals surface area (Å²) < 4.78 is 0. The molecule has 6 nitrogen and oxygen atoms in total. The maximum atomic E-state index is 11.4. The number of hydrogen-bond donors (Lipinski definition) is 2. The maximum absolute atomic E-state index is 11.4. The highest BCUT2D eigenvalue weighted by Gasteiger charge is 2.32. The maximum Gasteiger partial charge on any atom is 0.249 e. The van der Waals surface area contributed by atoms with Crippen molar-refractivity contribution in [2.24, 2.45) is 0 Å². The first-order chi connectivity index (χ1) is 6.56. The van der Waals surface area contributed by atoms with Gasteiger partial charge in [0.1, 0.15) is 12.6 Å². The van der Waals surface area contributed by atoms with E-state index in [9.17, 15) is 14.4 Å². The smallest absolute Gasteiger partial charge is 0.249 e. The fourth-order valence-corrected chi connectivity index (χ4v) is 1.27. The number of nitrogens with zero attached hydrogens (tertiary/aromatic N) is 1. The normalized spacial score (nSPS) is 22.1. The fourth-order valence-electron chi connectivity index (χ4n) is 1.27. The van der Waals surface area contributed by atoms with Crippen LogP contribution in [0, 0.1) is 0 Å². The molecule has 0 aliphatic carbocycles. The summed E-state index contributed by atoms with van der Waals surface area (Å²) in [6.07, 6.45) is 0. The Morgan fingerprint density at radius 1 is 1.64 bits per heavy atom. The van der Waals surface area contributed by atoms with Gasteiger partial charge in [0.05, 0.1) is 6.54 Å². The van der Waals surface area contributed by atoms with Gasteiger partial charge in [0.25, 0.3) is 0 Å². The Kier molecular flexibility index (Phi) is 3.19. The molecule has 78 valence electrons. The molecular formula is C8H13N3O3. The molecule has 1 atom stereocenters. The summed E-state index contributed by atoms with van der Waals surface area (Å²) in [7, 11) is 1.63. The van der Waals surface area contributed by atoms with Crippen molar-refractivity contribution in [3.8, 4) is 0 Å². The van der Waals surface area contributed by atoms with Crippen LogP contribution < -0.4 is 10.6 Å². The molecule has 1 rings (SSSR count). The topological polar surface area (TPSA) is 78.5 Å². The van der Waals surface area contributed by atoms with Gasteiger partial charge < -0.3 is 10.2 Å². The summed E-state index contributed by atoms with van der Waals surface area (Å²) in [5.41, 5.74) is 0. The van der Waals surface area contributed by atoms with E-state index in [0.717, 1.165) is 0 Å². The standard InChI is InChI=1S/C8H13N3O3/c1-5-8(14)10-6(12)4-11(5)7(13)3-9-2/h5,9H,3-4H2,1-2H3,(H,10,12,14). The zero-order valence-corrected chi connectivity index (χ0v) is 8.16. The molecule has 3 amide bonds. The third kappa shape index (κ3) is 2.08. The van der Waals surface area contributed by atoms with Crippen LogP contribution in [-0.2, 0) is 14.4 Å². The number of piperazine rings is 1. The molecule has 1 unspecified atom stereocenters. The predicted octanol–water partition coefficient (Wildman–Crippen LogP) is -1.92. The molecule has 1 saturated heterocycles. The molecule has 0 radical (unpaired) electrons. The number of rotatable bonds is 2. The van der Waals surface area contributed by atoms with Crippen molar-refractivity contribution in [3.63, 3.8) is 0 Å². The number of hydrogen-bond acceptors (Lipinski definition) is 4. The van der Waals surface area contributed by atoms with Crippen LogP contribution in [0.1, 0.15) is 6.92 Å². The van der Waals surface area contributed by atoms with Crippen LogP contribution in [0.25, 0.3) is 0 Å². The monoisotopic (exact) mass is 199 g/mol. The molecule has 2 N–H and O–H groups in total. The van der Waals surface area contributed by atoms with E-state index >= 15 is 0 Å². The molecule has 0 bridgehead atoms. The number of amides is 3. The molecule has 0 aromatic rings. The van der Waals surface area contributed by atoms with Gasteiger partial charge in [0.15, 0.2) is 0 Å². The van der Waals surface area contributed by atoms with Gasteiger partial charge in [-0.15, -0.1) is 0 Å². The third-order valence-corrected chi connectivity index (χ3v) is 2.07. The van der Waals surface area contributed by atoms with Gasteiger partial charge in [-0.3, -0.25) is 19.7 Å². The van der Waals surface area contributed by atoms with Gasteiger partial charge in [-0.2, -0.15) is 0 Å². The first kappa shape index (κ1) is 10.6. The quantitative estimate of drug-likeness (QED) is 0.508. The lowest BCUT2D eigenvalue weighted by atomic mass is 10.2. The minimum atomic E-state index is -0.575. The highest BCUT2D eigenvalue weighted by Crippen LogP contribution is 2.04. The summed E-state index contributed by atoms with van der Waals surface area (Å²) in [6.45, 7) is 1.67. The Hall–Kier alpha value is -1.43. The average Bonchev–Trinajstić information content (AvgIpc) is 2.11. The Labute approximate surface area is 81.6 Å². The van der Waals surface area contributed by atoms with E-state index in [1.165, 1.54) is 4.90 Å². The third-order valence-electron chi connectivity index (χ3n) is 2.07. The number of carbonyl (C=O) groups is 3. The van der Waals surface area contributed by atoms with Crippen molar-refractivity contribution in [3.05, 3.63) is 0 Å². The summed E-state index contributed by atoms with van der Waals surface area (Å²) in [5.74, 6) is -1.11. The van der Waals surface area contributed by atoms with E-state index in [-0.39, 0.29) is 19.0 Å². The summed E-state index contributed by atoms with van der Waals surface area (Å²) in [5, 5.41) is 4.84. The highest BCUT2D eigenvalue weighted by molar-refractivity contribution is 6.04. The van der Waals surface area contributed by atoms with E-state index in [1.54, 1.807) is 14.0 Å². The lowest BCUT2D eigenvalue weighted by molar-refractivity contribution is -0.148. The first-order valence-electron chi connectivity index (χ1n) is 4.34. The van der Waals surface area contributed by atoms with Crippen molar-refractivity contribution in [2.45, 2.75) is 13.0 Å². The molecule has 14 heavy (non-hydrogen) atoms. The second-order valence-corrected chi connectivity index (χ2v) is 3.14. The molecule has 1 heterocycles. The van der Waals surface area contributed by atoms with Gasteiger partial charge in [0, 0.05) is 0 Å². The predicted molar refractivity (Wildman–Crippen MR) is 48.3 cm³/mol. The number of imide groups is 1. The van der Waals surface area contributed by atoms with Crippen molar-refractivity contribution >= 4 is 17.7 Å². The number of likely N-dealkylation sites (N-methyl/N-ethyl adjacent to an activating group) is 1. The zero-order chi connectivity index (χ0) is 10.7. The molecule has 1 fully saturated rings. The summed E-state index contributed by atoms with van der Waals surface area (Å²) in [4.78, 5) is 34.9. The molecule has 0 saturated carbocycles. The molecule has 0 aromatic carbocycles. The average molecular weight is 199 g/mol. The molecule has 0 aromatic heterocycles. The Morgan fingerprint density at radius 3 is 2.86 bits per heavy atom. The Bertz CT molecular complexity index is 277. The SMILES string of the molecule is CNCC(=O)N1CC(=O)NC(=O)C1C. The van der Waals surface area contributed by atoms with E-state index in [0.29, 0.717) is 0 Å². The van der Waals surface area contributed by atoms with Gasteiger partial charge in [0.2, 0.25) is 17.7 Å². The largest absolute Gasteiger partial charge is 0.321 e. The Morgan fingerprint density at radius 2 is 2.29 bits per heavy atom. The van der Waals surface area contributed by atoms with Gasteiger partial charge >= 0.3 is 0 Å². The minimum Gasteiger partial charge on any atom is -0.321 e. The highest BCUT2D eigenvalue weighted by atomic mass is 16.2. The number of carbonyl (C=O) groups excluding carboxylic acids is 3. The zero-order valence-electron chi connectivity index (χ0n) is 8.16. The fraction of sp³-hybridized carbons (Fsp3) is 0.625. The van der Waals surface area contributed by atoms with Crippen molar-refractivity contribution < 1.29 is 14.4 Å². The molecule has 1 aliphatic rings. The molecule has 1 aliphatic heterocycles. The molecule has 6 heteroatoms. The van der Waals surface area contributed by atoms with E-state index in [4.69, 9.17) is 0 Å². The lowest BCUT2D eigenvalue weighted by Gasteiger charge is -2.31. The van der Waals surface area contributed by atoms with Crippen LogP contribution in [0.2, 0.25) is 0 Å². The summed E-state index contributed by atoms with van der Waals surface area (Å²) >= 11 is 0. The van der Waals surface area contributed by atoms with Gasteiger partial charge in [-0.25, -0.2) is 0 Å². The van der Waals surface area contributed by atoms with Gasteiger partial charge in [-0.1, -0.05) is 0 Å². The summed E-state index contributed by atoms with van der Waals surface area (Å²) in [6, 6.07) is -0.575. The van der Waals surface area contributed by atoms with Crippen LogP contribution in [0.4, 0.5) is 0 Å². The van der Waals surface area contributed by atoms with Crippen LogP contribution in [0.15, 0.2) is 0 Å². The van der Waals surface area contributed by atoms with Gasteiger partial charge in [-0.05, 0) is 14.0 Å². The second-order valence-electron chi connectivity index (χ2n) is 3.14. The van der Waals surface area contributed by atoms with Crippen molar-refractivity contribution in [1.29, 1.82) is 0 Å². The van der Waals surface area contributed by atoms with E-state index in [2.05, 4.69) is 10.6 Å². The first-order valence-corrected chi connectivity index (χ1v) is 4.34.